The summed E-state index contributed by atoms with van der Waals surface area (Å²) >= 11 is 0. The highest BCUT2D eigenvalue weighted by molar-refractivity contribution is 5.99. The van der Waals surface area contributed by atoms with Gasteiger partial charge in [-0.15, -0.1) is 0 Å². The molecule has 1 N–H and O–H groups in total. The third-order valence-electron chi connectivity index (χ3n) is 4.03. The molecule has 1 aliphatic rings. The molecule has 27 heavy (non-hydrogen) atoms. The maximum atomic E-state index is 12.3. The number of furan rings is 1. The molecule has 8 nitrogen and oxygen atoms in total. The van der Waals surface area contributed by atoms with Crippen LogP contribution in [0.4, 0.5) is 5.69 Å². The summed E-state index contributed by atoms with van der Waals surface area (Å²) in [4.78, 5) is 37.7. The third-order valence-corrected chi connectivity index (χ3v) is 4.03. The number of fused-ring (bicyclic) bond motifs is 1. The SMILES string of the molecule is C[C@@H](NC(=O)COC(=O)CN1C(=O)CCOc2ccccc21)c1ccco1. The second kappa shape index (κ2) is 8.39. The Kier molecular flexibility index (Phi) is 5.75. The Morgan fingerprint density at radius 3 is 2.85 bits per heavy atom. The number of carbonyl (C=O) groups is 3. The first-order valence-electron chi connectivity index (χ1n) is 8.55. The number of hydrogen-bond donors (Lipinski definition) is 1. The van der Waals surface area contributed by atoms with Crippen LogP contribution in [0.3, 0.4) is 0 Å². The number of ether oxygens (including phenoxy) is 2. The van der Waals surface area contributed by atoms with E-state index >= 15 is 0 Å². The summed E-state index contributed by atoms with van der Waals surface area (Å²) in [5.74, 6) is -0.255. The van der Waals surface area contributed by atoms with Gasteiger partial charge in [0.2, 0.25) is 5.91 Å². The highest BCUT2D eigenvalue weighted by Crippen LogP contribution is 2.30. The number of benzene rings is 1. The molecule has 0 saturated heterocycles. The smallest absolute Gasteiger partial charge is 0.326 e. The van der Waals surface area contributed by atoms with E-state index in [0.717, 1.165) is 0 Å². The summed E-state index contributed by atoms with van der Waals surface area (Å²) in [5, 5.41) is 2.67. The van der Waals surface area contributed by atoms with E-state index in [2.05, 4.69) is 5.32 Å². The van der Waals surface area contributed by atoms with Gasteiger partial charge in [-0.2, -0.15) is 0 Å². The van der Waals surface area contributed by atoms with Crippen molar-refractivity contribution in [1.82, 2.24) is 5.32 Å². The Morgan fingerprint density at radius 2 is 2.07 bits per heavy atom. The molecule has 2 heterocycles. The van der Waals surface area contributed by atoms with Gasteiger partial charge in [-0.3, -0.25) is 19.3 Å². The minimum Gasteiger partial charge on any atom is -0.491 e. The van der Waals surface area contributed by atoms with Crippen molar-refractivity contribution in [2.45, 2.75) is 19.4 Å². The van der Waals surface area contributed by atoms with Crippen molar-refractivity contribution >= 4 is 23.5 Å². The summed E-state index contributed by atoms with van der Waals surface area (Å²) in [6.07, 6.45) is 1.67. The summed E-state index contributed by atoms with van der Waals surface area (Å²) < 4.78 is 15.7. The van der Waals surface area contributed by atoms with E-state index in [1.165, 1.54) is 11.2 Å². The maximum Gasteiger partial charge on any atom is 0.326 e. The number of carbonyl (C=O) groups excluding carboxylic acids is 3. The molecule has 0 saturated carbocycles. The van der Waals surface area contributed by atoms with E-state index in [0.29, 0.717) is 17.2 Å². The molecular formula is C19H20N2O6. The van der Waals surface area contributed by atoms with Crippen molar-refractivity contribution in [3.05, 3.63) is 48.4 Å². The van der Waals surface area contributed by atoms with Crippen LogP contribution in [0, 0.1) is 0 Å². The Labute approximate surface area is 156 Å². The van der Waals surface area contributed by atoms with Crippen molar-refractivity contribution in [3.8, 4) is 5.75 Å². The monoisotopic (exact) mass is 372 g/mol. The minimum absolute atomic E-state index is 0.156. The van der Waals surface area contributed by atoms with Gasteiger partial charge >= 0.3 is 5.97 Å². The molecule has 1 aliphatic heterocycles. The number of rotatable bonds is 6. The Bertz CT molecular complexity index is 817. The largest absolute Gasteiger partial charge is 0.491 e. The lowest BCUT2D eigenvalue weighted by Gasteiger charge is -2.20. The fourth-order valence-corrected chi connectivity index (χ4v) is 2.71. The lowest BCUT2D eigenvalue weighted by atomic mass is 10.2. The van der Waals surface area contributed by atoms with Crippen LogP contribution in [0.15, 0.2) is 47.1 Å². The number of amides is 2. The van der Waals surface area contributed by atoms with Gasteiger partial charge in [0, 0.05) is 0 Å². The molecule has 0 radical (unpaired) electrons. The molecule has 0 spiro atoms. The van der Waals surface area contributed by atoms with E-state index in [4.69, 9.17) is 13.9 Å². The number of esters is 1. The maximum absolute atomic E-state index is 12.3. The number of nitrogens with one attached hydrogen (secondary N) is 1. The summed E-state index contributed by atoms with van der Waals surface area (Å²) in [7, 11) is 0. The van der Waals surface area contributed by atoms with E-state index in [1.54, 1.807) is 43.3 Å². The van der Waals surface area contributed by atoms with E-state index in [1.807, 2.05) is 0 Å². The van der Waals surface area contributed by atoms with Gasteiger partial charge < -0.3 is 19.2 Å². The van der Waals surface area contributed by atoms with Crippen molar-refractivity contribution in [1.29, 1.82) is 0 Å². The highest BCUT2D eigenvalue weighted by atomic mass is 16.5. The molecule has 0 unspecified atom stereocenters. The van der Waals surface area contributed by atoms with Crippen LogP contribution in [0.2, 0.25) is 0 Å². The van der Waals surface area contributed by atoms with Crippen molar-refractivity contribution in [2.24, 2.45) is 0 Å². The van der Waals surface area contributed by atoms with Crippen LogP contribution in [-0.4, -0.2) is 37.5 Å². The topological polar surface area (TPSA) is 98.1 Å². The van der Waals surface area contributed by atoms with Crippen LogP contribution in [0.25, 0.3) is 0 Å². The number of hydrogen-bond acceptors (Lipinski definition) is 6. The molecule has 0 fully saturated rings. The van der Waals surface area contributed by atoms with Crippen LogP contribution < -0.4 is 15.0 Å². The molecule has 8 heteroatoms. The molecule has 1 aromatic heterocycles. The van der Waals surface area contributed by atoms with Gasteiger partial charge in [-0.25, -0.2) is 0 Å². The predicted octanol–water partition coefficient (Wildman–Crippen LogP) is 1.82. The summed E-state index contributed by atoms with van der Waals surface area (Å²) in [5.41, 5.74) is 0.507. The quantitative estimate of drug-likeness (QED) is 0.777. The molecular weight excluding hydrogens is 352 g/mol. The van der Waals surface area contributed by atoms with Gasteiger partial charge in [-0.1, -0.05) is 12.1 Å². The predicted molar refractivity (Wildman–Crippen MR) is 95.1 cm³/mol. The molecule has 0 aliphatic carbocycles. The van der Waals surface area contributed by atoms with Gasteiger partial charge in [0.1, 0.15) is 18.1 Å². The highest BCUT2D eigenvalue weighted by Gasteiger charge is 2.26. The van der Waals surface area contributed by atoms with Crippen molar-refractivity contribution in [2.75, 3.05) is 24.7 Å². The van der Waals surface area contributed by atoms with Crippen molar-refractivity contribution < 1.29 is 28.3 Å². The van der Waals surface area contributed by atoms with Crippen LogP contribution in [-0.2, 0) is 19.1 Å². The second-order valence-corrected chi connectivity index (χ2v) is 6.01. The fraction of sp³-hybridized carbons (Fsp3) is 0.316. The van der Waals surface area contributed by atoms with Gasteiger partial charge in [-0.05, 0) is 31.2 Å². The second-order valence-electron chi connectivity index (χ2n) is 6.01. The minimum atomic E-state index is -0.680. The average Bonchev–Trinajstić information content (AvgIpc) is 3.15. The molecule has 1 atom stereocenters. The number of para-hydroxylation sites is 2. The van der Waals surface area contributed by atoms with Gasteiger partial charge in [0.05, 0.1) is 31.0 Å². The zero-order chi connectivity index (χ0) is 19.2. The normalized spacial score (nSPS) is 14.6. The van der Waals surface area contributed by atoms with Crippen LogP contribution in [0.5, 0.6) is 5.75 Å². The van der Waals surface area contributed by atoms with E-state index < -0.39 is 18.5 Å². The number of anilines is 1. The third kappa shape index (κ3) is 4.66. The Balaban J connectivity index is 1.54. The fourth-order valence-electron chi connectivity index (χ4n) is 2.71. The molecule has 2 aromatic rings. The molecule has 3 rings (SSSR count). The molecule has 1 aromatic carbocycles. The standard InChI is InChI=1S/C19H20N2O6/c1-13(15-7-4-9-25-15)20-17(22)12-27-19(24)11-21-14-5-2-3-6-16(14)26-10-8-18(21)23/h2-7,9,13H,8,10-12H2,1H3,(H,20,22)/t13-/m1/s1. The molecule has 142 valence electrons. The lowest BCUT2D eigenvalue weighted by molar-refractivity contribution is -0.147. The molecule has 2 amide bonds. The van der Waals surface area contributed by atoms with E-state index in [-0.39, 0.29) is 31.5 Å². The Hall–Kier alpha value is -3.29. The summed E-state index contributed by atoms with van der Waals surface area (Å²) in [6.45, 7) is 1.27. The van der Waals surface area contributed by atoms with Crippen LogP contribution in [0.1, 0.15) is 25.1 Å². The molecule has 0 bridgehead atoms. The van der Waals surface area contributed by atoms with Gasteiger partial charge in [0.15, 0.2) is 6.61 Å². The first-order valence-corrected chi connectivity index (χ1v) is 8.55. The first kappa shape index (κ1) is 18.5. The van der Waals surface area contributed by atoms with Crippen molar-refractivity contribution in [3.63, 3.8) is 0 Å². The number of nitrogens with zero attached hydrogens (tertiary/aromatic N) is 1. The zero-order valence-electron chi connectivity index (χ0n) is 14.8. The Morgan fingerprint density at radius 1 is 1.26 bits per heavy atom. The van der Waals surface area contributed by atoms with Crippen LogP contribution >= 0.6 is 0 Å². The average molecular weight is 372 g/mol. The van der Waals surface area contributed by atoms with E-state index in [9.17, 15) is 14.4 Å². The van der Waals surface area contributed by atoms with Gasteiger partial charge in [0.25, 0.3) is 5.91 Å². The zero-order valence-corrected chi connectivity index (χ0v) is 14.8. The lowest BCUT2D eigenvalue weighted by Crippen LogP contribution is -2.37. The summed E-state index contributed by atoms with van der Waals surface area (Å²) in [6, 6.07) is 10.1. The first-order chi connectivity index (χ1) is 13.0.